The third-order valence-corrected chi connectivity index (χ3v) is 6.06. The van der Waals surface area contributed by atoms with Gasteiger partial charge in [-0.2, -0.15) is 0 Å². The molecule has 0 aliphatic rings. The molecule has 0 aliphatic carbocycles. The number of thiazole rings is 1. The molecule has 0 radical (unpaired) electrons. The molecule has 0 saturated carbocycles. The molecular formula is C14H19N3O2S2. The van der Waals surface area contributed by atoms with E-state index in [1.807, 2.05) is 25.3 Å². The maximum Gasteiger partial charge on any atom is 0.242 e. The van der Waals surface area contributed by atoms with Crippen molar-refractivity contribution >= 4 is 27.0 Å². The van der Waals surface area contributed by atoms with Crippen LogP contribution in [0.25, 0.3) is 0 Å². The summed E-state index contributed by atoms with van der Waals surface area (Å²) in [6, 6.07) is 3.45. The lowest BCUT2D eigenvalue weighted by atomic mass is 10.1. The highest BCUT2D eigenvalue weighted by Gasteiger charge is 2.22. The van der Waals surface area contributed by atoms with E-state index in [0.717, 1.165) is 10.6 Å². The minimum atomic E-state index is -3.63. The molecule has 2 aromatic rings. The first kappa shape index (κ1) is 15.9. The van der Waals surface area contributed by atoms with Crippen molar-refractivity contribution in [2.24, 2.45) is 0 Å². The number of aryl methyl sites for hydroxylation is 1. The predicted molar refractivity (Wildman–Crippen MR) is 86.0 cm³/mol. The van der Waals surface area contributed by atoms with Gasteiger partial charge in [-0.25, -0.2) is 18.1 Å². The second-order valence-corrected chi connectivity index (χ2v) is 7.68. The van der Waals surface area contributed by atoms with Crippen LogP contribution >= 0.6 is 11.3 Å². The van der Waals surface area contributed by atoms with Crippen LogP contribution in [0.2, 0.25) is 0 Å². The first-order chi connectivity index (χ1) is 9.83. The third kappa shape index (κ3) is 3.42. The molecule has 21 heavy (non-hydrogen) atoms. The Kier molecular flexibility index (Phi) is 4.65. The van der Waals surface area contributed by atoms with Crippen molar-refractivity contribution in [3.05, 3.63) is 39.8 Å². The zero-order chi connectivity index (χ0) is 15.6. The third-order valence-electron chi connectivity index (χ3n) is 3.43. The fourth-order valence-corrected chi connectivity index (χ4v) is 4.29. The number of nitrogen functional groups attached to an aromatic ring is 1. The number of nitrogens with zero attached hydrogens (tertiary/aromatic N) is 1. The Morgan fingerprint density at radius 3 is 2.71 bits per heavy atom. The second-order valence-electron chi connectivity index (χ2n) is 5.05. The van der Waals surface area contributed by atoms with E-state index in [1.54, 1.807) is 19.2 Å². The van der Waals surface area contributed by atoms with Crippen molar-refractivity contribution < 1.29 is 8.42 Å². The van der Waals surface area contributed by atoms with Crippen LogP contribution in [0.5, 0.6) is 0 Å². The molecule has 0 aliphatic heterocycles. The van der Waals surface area contributed by atoms with Crippen LogP contribution in [-0.4, -0.2) is 19.9 Å². The molecule has 7 heteroatoms. The molecule has 0 fully saturated rings. The number of anilines is 1. The summed E-state index contributed by atoms with van der Waals surface area (Å²) in [7, 11) is -3.63. The van der Waals surface area contributed by atoms with Crippen LogP contribution in [0.1, 0.15) is 29.0 Å². The fourth-order valence-electron chi connectivity index (χ4n) is 2.04. The summed E-state index contributed by atoms with van der Waals surface area (Å²) in [4.78, 5) is 4.37. The summed E-state index contributed by atoms with van der Waals surface area (Å²) < 4.78 is 27.6. The highest BCUT2D eigenvalue weighted by atomic mass is 32.2. The van der Waals surface area contributed by atoms with Gasteiger partial charge in [0.25, 0.3) is 0 Å². The number of nitrogens with one attached hydrogen (secondary N) is 1. The molecule has 0 spiro atoms. The van der Waals surface area contributed by atoms with E-state index in [-0.39, 0.29) is 16.5 Å². The van der Waals surface area contributed by atoms with Crippen molar-refractivity contribution in [1.29, 1.82) is 0 Å². The topological polar surface area (TPSA) is 85.1 Å². The van der Waals surface area contributed by atoms with Gasteiger partial charge in [0.15, 0.2) is 0 Å². The van der Waals surface area contributed by atoms with E-state index in [2.05, 4.69) is 9.71 Å². The summed E-state index contributed by atoms with van der Waals surface area (Å²) in [5, 5.41) is 2.79. The Bertz CT molecular complexity index is 725. The molecular weight excluding hydrogens is 306 g/mol. The van der Waals surface area contributed by atoms with Crippen molar-refractivity contribution in [2.75, 3.05) is 12.3 Å². The predicted octanol–water partition coefficient (Wildman–Crippen LogP) is 2.42. The van der Waals surface area contributed by atoms with Crippen molar-refractivity contribution in [3.8, 4) is 0 Å². The van der Waals surface area contributed by atoms with Crippen LogP contribution < -0.4 is 10.5 Å². The maximum absolute atomic E-state index is 12.5. The molecule has 1 atom stereocenters. The number of hydrogen-bond donors (Lipinski definition) is 2. The van der Waals surface area contributed by atoms with Crippen molar-refractivity contribution in [3.63, 3.8) is 0 Å². The summed E-state index contributed by atoms with van der Waals surface area (Å²) in [5.74, 6) is 0.0196. The van der Waals surface area contributed by atoms with Crippen molar-refractivity contribution in [1.82, 2.24) is 9.71 Å². The molecule has 0 bridgehead atoms. The van der Waals surface area contributed by atoms with E-state index < -0.39 is 10.0 Å². The lowest BCUT2D eigenvalue weighted by Crippen LogP contribution is -2.29. The van der Waals surface area contributed by atoms with Crippen LogP contribution in [0.15, 0.2) is 28.6 Å². The van der Waals surface area contributed by atoms with E-state index in [0.29, 0.717) is 12.1 Å². The molecule has 0 amide bonds. The zero-order valence-electron chi connectivity index (χ0n) is 12.3. The van der Waals surface area contributed by atoms with Gasteiger partial charge in [-0.15, -0.1) is 11.3 Å². The average molecular weight is 325 g/mol. The van der Waals surface area contributed by atoms with Gasteiger partial charge in [0.05, 0.1) is 10.7 Å². The molecule has 5 nitrogen and oxygen atoms in total. The molecule has 3 N–H and O–H groups in total. The molecule has 1 aromatic heterocycles. The Balaban J connectivity index is 2.22. The quantitative estimate of drug-likeness (QED) is 0.827. The van der Waals surface area contributed by atoms with Crippen LogP contribution in [-0.2, 0) is 10.0 Å². The molecule has 1 aromatic carbocycles. The lowest BCUT2D eigenvalue weighted by Gasteiger charge is -2.15. The first-order valence-electron chi connectivity index (χ1n) is 6.57. The van der Waals surface area contributed by atoms with Gasteiger partial charge in [-0.05, 0) is 31.0 Å². The Labute approximate surface area is 129 Å². The minimum Gasteiger partial charge on any atom is -0.398 e. The van der Waals surface area contributed by atoms with Gasteiger partial charge in [-0.3, -0.25) is 0 Å². The molecule has 1 unspecified atom stereocenters. The highest BCUT2D eigenvalue weighted by molar-refractivity contribution is 7.89. The van der Waals surface area contributed by atoms with E-state index in [9.17, 15) is 8.42 Å². The van der Waals surface area contributed by atoms with Crippen molar-refractivity contribution in [2.45, 2.75) is 31.6 Å². The average Bonchev–Trinajstić information content (AvgIpc) is 2.95. The maximum atomic E-state index is 12.5. The number of benzene rings is 1. The smallest absolute Gasteiger partial charge is 0.242 e. The summed E-state index contributed by atoms with van der Waals surface area (Å²) >= 11 is 1.52. The molecule has 2 rings (SSSR count). The normalized spacial score (nSPS) is 13.3. The summed E-state index contributed by atoms with van der Waals surface area (Å²) in [5.41, 5.74) is 7.70. The van der Waals surface area contributed by atoms with Gasteiger partial charge in [0, 0.05) is 24.0 Å². The number of aromatic nitrogens is 1. The highest BCUT2D eigenvalue weighted by Crippen LogP contribution is 2.25. The Morgan fingerprint density at radius 2 is 2.10 bits per heavy atom. The second kappa shape index (κ2) is 6.13. The van der Waals surface area contributed by atoms with Gasteiger partial charge in [0.2, 0.25) is 10.0 Å². The number of rotatable bonds is 5. The van der Waals surface area contributed by atoms with Gasteiger partial charge in [-0.1, -0.05) is 13.0 Å². The van der Waals surface area contributed by atoms with Crippen LogP contribution in [0.4, 0.5) is 5.69 Å². The molecule has 1 heterocycles. The van der Waals surface area contributed by atoms with Gasteiger partial charge in [0.1, 0.15) is 4.90 Å². The Morgan fingerprint density at radius 1 is 1.38 bits per heavy atom. The van der Waals surface area contributed by atoms with E-state index in [1.165, 1.54) is 11.3 Å². The number of hydrogen-bond acceptors (Lipinski definition) is 5. The number of sulfonamides is 1. The largest absolute Gasteiger partial charge is 0.398 e. The zero-order valence-corrected chi connectivity index (χ0v) is 13.9. The van der Waals surface area contributed by atoms with Gasteiger partial charge < -0.3 is 5.73 Å². The summed E-state index contributed by atoms with van der Waals surface area (Å²) in [6.07, 6.45) is 1.72. The SMILES string of the molecule is Cc1ccc(N)c(S(=O)(=O)NCC(C)c2nccs2)c1C. The monoisotopic (exact) mass is 325 g/mol. The number of nitrogens with two attached hydrogens (primary N) is 1. The van der Waals surface area contributed by atoms with Gasteiger partial charge >= 0.3 is 0 Å². The Hall–Kier alpha value is -1.44. The van der Waals surface area contributed by atoms with E-state index >= 15 is 0 Å². The molecule has 0 saturated heterocycles. The first-order valence-corrected chi connectivity index (χ1v) is 8.94. The summed E-state index contributed by atoms with van der Waals surface area (Å²) in [6.45, 7) is 5.87. The van der Waals surface area contributed by atoms with E-state index in [4.69, 9.17) is 5.73 Å². The van der Waals surface area contributed by atoms with Crippen LogP contribution in [0, 0.1) is 13.8 Å². The fraction of sp³-hybridized carbons (Fsp3) is 0.357. The van der Waals surface area contributed by atoms with Crippen LogP contribution in [0.3, 0.4) is 0 Å². The molecule has 114 valence electrons. The standard InChI is InChI=1S/C14H19N3O2S2/c1-9-4-5-12(15)13(11(9)3)21(18,19)17-8-10(2)14-16-6-7-20-14/h4-7,10,17H,8,15H2,1-3H3. The minimum absolute atomic E-state index is 0.0196. The lowest BCUT2D eigenvalue weighted by molar-refractivity contribution is 0.574.